The summed E-state index contributed by atoms with van der Waals surface area (Å²) in [6.45, 7) is 0.332. The lowest BCUT2D eigenvalue weighted by Gasteiger charge is -2.03. The number of aromatic nitrogens is 1. The Balaban J connectivity index is 1.85. The first-order valence-corrected chi connectivity index (χ1v) is 7.46. The Morgan fingerprint density at radius 2 is 2.24 bits per heavy atom. The predicted molar refractivity (Wildman–Crippen MR) is 83.6 cm³/mol. The number of thiophene rings is 1. The summed E-state index contributed by atoms with van der Waals surface area (Å²) in [7, 11) is 0. The van der Waals surface area contributed by atoms with Gasteiger partial charge in [-0.15, -0.1) is 11.3 Å². The van der Waals surface area contributed by atoms with Gasteiger partial charge in [-0.1, -0.05) is 23.4 Å². The first-order valence-electron chi connectivity index (χ1n) is 6.27. The van der Waals surface area contributed by atoms with Gasteiger partial charge in [0.1, 0.15) is 12.3 Å². The summed E-state index contributed by atoms with van der Waals surface area (Å²) in [6, 6.07) is 7.10. The molecule has 1 amide bonds. The number of carbonyl (C=O) groups excluding carboxylic acids is 1. The zero-order valence-corrected chi connectivity index (χ0v) is 12.7. The first-order chi connectivity index (χ1) is 10.2. The minimum atomic E-state index is -0.223. The number of pyridine rings is 1. The lowest BCUT2D eigenvalue weighted by atomic mass is 10.2. The van der Waals surface area contributed by atoms with Crippen LogP contribution < -0.4 is 5.32 Å². The molecule has 2 heterocycles. The molecule has 0 aliphatic carbocycles. The molecule has 2 N–H and O–H groups in total. The summed E-state index contributed by atoms with van der Waals surface area (Å²) < 4.78 is 0.748. The third-order valence-corrected chi connectivity index (χ3v) is 3.88. The number of nitrogens with zero attached hydrogens (tertiary/aromatic N) is 1. The van der Waals surface area contributed by atoms with E-state index in [9.17, 15) is 4.79 Å². The summed E-state index contributed by atoms with van der Waals surface area (Å²) in [5, 5.41) is 11.4. The van der Waals surface area contributed by atoms with Gasteiger partial charge in [-0.3, -0.25) is 4.79 Å². The Hall–Kier alpha value is -1.87. The Bertz CT molecular complexity index is 671. The lowest BCUT2D eigenvalue weighted by Crippen LogP contribution is -2.26. The molecule has 0 aliphatic heterocycles. The van der Waals surface area contributed by atoms with Crippen molar-refractivity contribution >= 4 is 28.8 Å². The van der Waals surface area contributed by atoms with E-state index in [1.165, 1.54) is 17.5 Å². The number of nitrogens with one attached hydrogen (secondary N) is 1. The molecule has 0 atom stereocenters. The largest absolute Gasteiger partial charge is 0.384 e. The minimum absolute atomic E-state index is 0.199. The van der Waals surface area contributed by atoms with Crippen LogP contribution in [0.25, 0.3) is 0 Å². The predicted octanol–water partition coefficient (Wildman–Crippen LogP) is 2.11. The van der Waals surface area contributed by atoms with Gasteiger partial charge in [-0.05, 0) is 30.7 Å². The van der Waals surface area contributed by atoms with Crippen LogP contribution in [0.3, 0.4) is 0 Å². The van der Waals surface area contributed by atoms with E-state index in [2.05, 4.69) is 22.1 Å². The summed E-state index contributed by atoms with van der Waals surface area (Å²) in [6.07, 6.45) is 2.25. The number of hydrogen-bond acceptors (Lipinski definition) is 4. The van der Waals surface area contributed by atoms with Crippen LogP contribution in [0.4, 0.5) is 0 Å². The molecule has 2 rings (SSSR count). The molecular weight excluding hydrogens is 308 g/mol. The topological polar surface area (TPSA) is 62.2 Å². The third-order valence-electron chi connectivity index (χ3n) is 2.59. The smallest absolute Gasteiger partial charge is 0.269 e. The molecule has 0 aromatic carbocycles. The second-order valence-corrected chi connectivity index (χ2v) is 5.90. The van der Waals surface area contributed by atoms with Gasteiger partial charge in [-0.2, -0.15) is 0 Å². The monoisotopic (exact) mass is 320 g/mol. The molecule has 2 aromatic heterocycles. The van der Waals surface area contributed by atoms with Gasteiger partial charge in [0.05, 0.1) is 4.34 Å². The van der Waals surface area contributed by atoms with E-state index in [1.807, 2.05) is 12.1 Å². The molecular formula is C15H13ClN2O2S. The van der Waals surface area contributed by atoms with E-state index < -0.39 is 0 Å². The molecule has 0 saturated heterocycles. The highest BCUT2D eigenvalue weighted by Gasteiger charge is 2.06. The van der Waals surface area contributed by atoms with Gasteiger partial charge in [0.15, 0.2) is 0 Å². The first kappa shape index (κ1) is 15.5. The van der Waals surface area contributed by atoms with Crippen LogP contribution in [0.2, 0.25) is 4.34 Å². The van der Waals surface area contributed by atoms with Crippen LogP contribution in [0.5, 0.6) is 0 Å². The molecule has 0 fully saturated rings. The molecule has 6 heteroatoms. The van der Waals surface area contributed by atoms with Crippen LogP contribution >= 0.6 is 22.9 Å². The average Bonchev–Trinajstić information content (AvgIpc) is 2.91. The Morgan fingerprint density at radius 3 is 2.86 bits per heavy atom. The molecule has 0 bridgehead atoms. The number of amides is 1. The standard InChI is InChI=1S/C15H13ClN2O2S/c16-14-6-4-12(21-14)7-8-17-15(20)13-5-3-11(10-18-13)2-1-9-19/h3-6,10,19H,7-9H2,(H,17,20). The Morgan fingerprint density at radius 1 is 1.38 bits per heavy atom. The quantitative estimate of drug-likeness (QED) is 0.848. The zero-order valence-electron chi connectivity index (χ0n) is 11.1. The second-order valence-electron chi connectivity index (χ2n) is 4.10. The molecule has 0 saturated carbocycles. The second kappa shape index (κ2) is 7.79. The van der Waals surface area contributed by atoms with Crippen molar-refractivity contribution in [2.75, 3.05) is 13.2 Å². The maximum absolute atomic E-state index is 11.9. The molecule has 108 valence electrons. The highest BCUT2D eigenvalue weighted by molar-refractivity contribution is 7.16. The summed E-state index contributed by atoms with van der Waals surface area (Å²) in [5.74, 6) is 5.02. The minimum Gasteiger partial charge on any atom is -0.384 e. The summed E-state index contributed by atoms with van der Waals surface area (Å²) in [4.78, 5) is 17.1. The number of aliphatic hydroxyl groups excluding tert-OH is 1. The van der Waals surface area contributed by atoms with Gasteiger partial charge in [-0.25, -0.2) is 4.98 Å². The van der Waals surface area contributed by atoms with Gasteiger partial charge >= 0.3 is 0 Å². The Kier molecular flexibility index (Phi) is 5.76. The Labute approximate surface area is 131 Å². The highest BCUT2D eigenvalue weighted by atomic mass is 35.5. The number of aliphatic hydroxyl groups is 1. The highest BCUT2D eigenvalue weighted by Crippen LogP contribution is 2.21. The van der Waals surface area contributed by atoms with Crippen molar-refractivity contribution in [3.8, 4) is 11.8 Å². The fourth-order valence-corrected chi connectivity index (χ4v) is 2.71. The third kappa shape index (κ3) is 4.87. The van der Waals surface area contributed by atoms with Gasteiger partial charge < -0.3 is 10.4 Å². The fraction of sp³-hybridized carbons (Fsp3) is 0.200. The van der Waals surface area contributed by atoms with Crippen molar-refractivity contribution in [3.05, 3.63) is 50.9 Å². The molecule has 21 heavy (non-hydrogen) atoms. The van der Waals surface area contributed by atoms with Crippen LogP contribution in [0, 0.1) is 11.8 Å². The molecule has 2 aromatic rings. The van der Waals surface area contributed by atoms with E-state index in [1.54, 1.807) is 12.1 Å². The maximum atomic E-state index is 11.9. The van der Waals surface area contributed by atoms with Crippen molar-refractivity contribution < 1.29 is 9.90 Å². The number of rotatable bonds is 4. The van der Waals surface area contributed by atoms with Gasteiger partial charge in [0, 0.05) is 23.2 Å². The van der Waals surface area contributed by atoms with Gasteiger partial charge in [0.2, 0.25) is 0 Å². The van der Waals surface area contributed by atoms with E-state index in [-0.39, 0.29) is 12.5 Å². The van der Waals surface area contributed by atoms with Crippen molar-refractivity contribution in [1.82, 2.24) is 10.3 Å². The summed E-state index contributed by atoms with van der Waals surface area (Å²) >= 11 is 7.35. The molecule has 0 radical (unpaired) electrons. The molecule has 0 aliphatic rings. The normalized spacial score (nSPS) is 9.81. The molecule has 0 spiro atoms. The zero-order chi connectivity index (χ0) is 15.1. The molecule has 4 nitrogen and oxygen atoms in total. The molecule has 0 unspecified atom stereocenters. The SMILES string of the molecule is O=C(NCCc1ccc(Cl)s1)c1ccc(C#CCO)cn1. The summed E-state index contributed by atoms with van der Waals surface area (Å²) in [5.41, 5.74) is 1.00. The van der Waals surface area contributed by atoms with Crippen LogP contribution in [-0.2, 0) is 6.42 Å². The van der Waals surface area contributed by atoms with Crippen LogP contribution in [-0.4, -0.2) is 29.1 Å². The number of halogens is 1. The number of carbonyl (C=O) groups is 1. The van der Waals surface area contributed by atoms with E-state index in [4.69, 9.17) is 16.7 Å². The van der Waals surface area contributed by atoms with E-state index in [0.717, 1.165) is 15.6 Å². The van der Waals surface area contributed by atoms with E-state index in [0.29, 0.717) is 17.8 Å². The van der Waals surface area contributed by atoms with Crippen molar-refractivity contribution in [1.29, 1.82) is 0 Å². The van der Waals surface area contributed by atoms with Crippen molar-refractivity contribution in [2.45, 2.75) is 6.42 Å². The lowest BCUT2D eigenvalue weighted by molar-refractivity contribution is 0.0949. The van der Waals surface area contributed by atoms with E-state index >= 15 is 0 Å². The fourth-order valence-electron chi connectivity index (χ4n) is 1.62. The number of hydrogen-bond donors (Lipinski definition) is 2. The average molecular weight is 321 g/mol. The van der Waals surface area contributed by atoms with Crippen LogP contribution in [0.15, 0.2) is 30.5 Å². The maximum Gasteiger partial charge on any atom is 0.269 e. The van der Waals surface area contributed by atoms with Gasteiger partial charge in [0.25, 0.3) is 5.91 Å². The van der Waals surface area contributed by atoms with Crippen LogP contribution in [0.1, 0.15) is 20.9 Å². The van der Waals surface area contributed by atoms with Crippen molar-refractivity contribution in [2.24, 2.45) is 0 Å². The van der Waals surface area contributed by atoms with Crippen molar-refractivity contribution in [3.63, 3.8) is 0 Å².